The summed E-state index contributed by atoms with van der Waals surface area (Å²) in [4.78, 5) is 15.2. The third-order valence-corrected chi connectivity index (χ3v) is 2.60. The maximum absolute atomic E-state index is 11.0. The maximum atomic E-state index is 11.0. The molecule has 0 atom stereocenters. The standard InChI is InChI=1S/C15H16N4O/c1-11(18-19-15-8-3-4-9-16-15)13-6-5-7-14(10-13)17-12(2)20/h3-10H,1-2H3,(H,16,19)(H,17,20)/b18-11-. The van der Waals surface area contributed by atoms with E-state index in [0.29, 0.717) is 5.82 Å². The van der Waals surface area contributed by atoms with Crippen molar-refractivity contribution in [3.63, 3.8) is 0 Å². The molecule has 0 aliphatic carbocycles. The summed E-state index contributed by atoms with van der Waals surface area (Å²) in [6.45, 7) is 3.37. The number of rotatable bonds is 4. The zero-order chi connectivity index (χ0) is 14.4. The molecule has 2 N–H and O–H groups in total. The molecule has 0 saturated carbocycles. The van der Waals surface area contributed by atoms with Gasteiger partial charge in [0.25, 0.3) is 0 Å². The van der Waals surface area contributed by atoms with E-state index in [0.717, 1.165) is 17.0 Å². The smallest absolute Gasteiger partial charge is 0.221 e. The van der Waals surface area contributed by atoms with Crippen molar-refractivity contribution in [2.24, 2.45) is 5.10 Å². The highest BCUT2D eigenvalue weighted by Gasteiger charge is 2.01. The summed E-state index contributed by atoms with van der Waals surface area (Å²) in [6.07, 6.45) is 1.70. The first-order chi connectivity index (χ1) is 9.65. The molecule has 5 heteroatoms. The molecule has 1 aromatic heterocycles. The van der Waals surface area contributed by atoms with Gasteiger partial charge in [-0.3, -0.25) is 10.2 Å². The van der Waals surface area contributed by atoms with Gasteiger partial charge >= 0.3 is 0 Å². The molecule has 1 aromatic carbocycles. The van der Waals surface area contributed by atoms with Gasteiger partial charge in [-0.1, -0.05) is 18.2 Å². The SMILES string of the molecule is CC(=O)Nc1cccc(/C(C)=N\Nc2ccccn2)c1. The summed E-state index contributed by atoms with van der Waals surface area (Å²) >= 11 is 0. The minimum absolute atomic E-state index is 0.0941. The largest absolute Gasteiger partial charge is 0.326 e. The second-order valence-corrected chi connectivity index (χ2v) is 4.29. The minimum Gasteiger partial charge on any atom is -0.326 e. The van der Waals surface area contributed by atoms with E-state index in [1.54, 1.807) is 6.20 Å². The maximum Gasteiger partial charge on any atom is 0.221 e. The van der Waals surface area contributed by atoms with E-state index in [9.17, 15) is 4.79 Å². The number of nitrogens with one attached hydrogen (secondary N) is 2. The van der Waals surface area contributed by atoms with Gasteiger partial charge in [-0.2, -0.15) is 5.10 Å². The van der Waals surface area contributed by atoms with Crippen molar-refractivity contribution in [3.8, 4) is 0 Å². The van der Waals surface area contributed by atoms with Crippen molar-refractivity contribution in [1.82, 2.24) is 4.98 Å². The van der Waals surface area contributed by atoms with Crippen molar-refractivity contribution in [2.45, 2.75) is 13.8 Å². The molecule has 1 heterocycles. The lowest BCUT2D eigenvalue weighted by molar-refractivity contribution is -0.114. The topological polar surface area (TPSA) is 66.4 Å². The monoisotopic (exact) mass is 268 g/mol. The Morgan fingerprint density at radius 2 is 2.00 bits per heavy atom. The Kier molecular flexibility index (Phi) is 4.44. The Balaban J connectivity index is 2.12. The van der Waals surface area contributed by atoms with Gasteiger partial charge in [0.15, 0.2) is 0 Å². The van der Waals surface area contributed by atoms with Crippen molar-refractivity contribution in [3.05, 3.63) is 54.2 Å². The van der Waals surface area contributed by atoms with Crippen LogP contribution in [-0.2, 0) is 4.79 Å². The van der Waals surface area contributed by atoms with Crippen molar-refractivity contribution >= 4 is 23.1 Å². The molecule has 102 valence electrons. The second kappa shape index (κ2) is 6.47. The summed E-state index contributed by atoms with van der Waals surface area (Å²) in [5, 5.41) is 7.02. The quantitative estimate of drug-likeness (QED) is 0.662. The van der Waals surface area contributed by atoms with Gasteiger partial charge in [-0.05, 0) is 36.8 Å². The van der Waals surface area contributed by atoms with Gasteiger partial charge < -0.3 is 5.32 Å². The number of benzene rings is 1. The Morgan fingerprint density at radius 3 is 2.70 bits per heavy atom. The van der Waals surface area contributed by atoms with Gasteiger partial charge in [0.1, 0.15) is 5.82 Å². The first-order valence-electron chi connectivity index (χ1n) is 6.24. The van der Waals surface area contributed by atoms with Gasteiger partial charge in [0.2, 0.25) is 5.91 Å². The van der Waals surface area contributed by atoms with Crippen LogP contribution in [0.5, 0.6) is 0 Å². The molecule has 0 spiro atoms. The fourth-order valence-electron chi connectivity index (χ4n) is 1.66. The van der Waals surface area contributed by atoms with E-state index < -0.39 is 0 Å². The van der Waals surface area contributed by atoms with Crippen LogP contribution in [0.25, 0.3) is 0 Å². The minimum atomic E-state index is -0.0941. The molecule has 0 unspecified atom stereocenters. The van der Waals surface area contributed by atoms with E-state index in [1.807, 2.05) is 49.4 Å². The number of hydrogen-bond acceptors (Lipinski definition) is 4. The molecule has 0 aliphatic heterocycles. The van der Waals surface area contributed by atoms with Gasteiger partial charge in [0.05, 0.1) is 5.71 Å². The average Bonchev–Trinajstić information content (AvgIpc) is 2.45. The van der Waals surface area contributed by atoms with Crippen LogP contribution in [0.1, 0.15) is 19.4 Å². The Morgan fingerprint density at radius 1 is 1.15 bits per heavy atom. The lowest BCUT2D eigenvalue weighted by Gasteiger charge is -2.06. The fraction of sp³-hybridized carbons (Fsp3) is 0.133. The second-order valence-electron chi connectivity index (χ2n) is 4.29. The molecule has 0 bridgehead atoms. The number of amides is 1. The Bertz CT molecular complexity index is 623. The zero-order valence-electron chi connectivity index (χ0n) is 11.4. The van der Waals surface area contributed by atoms with Crippen LogP contribution in [0.4, 0.5) is 11.5 Å². The molecule has 20 heavy (non-hydrogen) atoms. The number of carbonyl (C=O) groups excluding carboxylic acids is 1. The lowest BCUT2D eigenvalue weighted by atomic mass is 10.1. The highest BCUT2D eigenvalue weighted by molar-refractivity contribution is 6.00. The summed E-state index contributed by atoms with van der Waals surface area (Å²) < 4.78 is 0. The molecular formula is C15H16N4O. The molecule has 0 fully saturated rings. The van der Waals surface area contributed by atoms with E-state index in [1.165, 1.54) is 6.92 Å². The predicted octanol–water partition coefficient (Wildman–Crippen LogP) is 2.88. The molecule has 0 saturated heterocycles. The van der Waals surface area contributed by atoms with Crippen LogP contribution in [0, 0.1) is 0 Å². The summed E-state index contributed by atoms with van der Waals surface area (Å²) in [5.74, 6) is 0.591. The molecular weight excluding hydrogens is 252 g/mol. The first-order valence-corrected chi connectivity index (χ1v) is 6.24. The lowest BCUT2D eigenvalue weighted by Crippen LogP contribution is -2.07. The van der Waals surface area contributed by atoms with Gasteiger partial charge in [0, 0.05) is 18.8 Å². The first kappa shape index (κ1) is 13.7. The molecule has 2 aromatic rings. The van der Waals surface area contributed by atoms with Crippen LogP contribution in [0.2, 0.25) is 0 Å². The van der Waals surface area contributed by atoms with Gasteiger partial charge in [-0.15, -0.1) is 0 Å². The molecule has 5 nitrogen and oxygen atoms in total. The number of aromatic nitrogens is 1. The molecule has 2 rings (SSSR count). The zero-order valence-corrected chi connectivity index (χ0v) is 11.4. The molecule has 0 aliphatic rings. The third-order valence-electron chi connectivity index (χ3n) is 2.60. The normalized spacial score (nSPS) is 11.0. The predicted molar refractivity (Wildman–Crippen MR) is 80.8 cm³/mol. The Labute approximate surface area is 117 Å². The van der Waals surface area contributed by atoms with E-state index in [2.05, 4.69) is 20.8 Å². The van der Waals surface area contributed by atoms with Crippen LogP contribution in [0.15, 0.2) is 53.8 Å². The summed E-state index contributed by atoms with van der Waals surface area (Å²) in [6, 6.07) is 13.1. The van der Waals surface area contributed by atoms with E-state index >= 15 is 0 Å². The van der Waals surface area contributed by atoms with Crippen LogP contribution >= 0.6 is 0 Å². The van der Waals surface area contributed by atoms with Crippen LogP contribution in [-0.4, -0.2) is 16.6 Å². The number of anilines is 2. The van der Waals surface area contributed by atoms with Crippen molar-refractivity contribution in [2.75, 3.05) is 10.7 Å². The number of hydrogen-bond donors (Lipinski definition) is 2. The number of hydrazone groups is 1. The fourth-order valence-corrected chi connectivity index (χ4v) is 1.66. The van der Waals surface area contributed by atoms with Crippen LogP contribution < -0.4 is 10.7 Å². The Hall–Kier alpha value is -2.69. The average molecular weight is 268 g/mol. The van der Waals surface area contributed by atoms with Crippen molar-refractivity contribution in [1.29, 1.82) is 0 Å². The van der Waals surface area contributed by atoms with Crippen LogP contribution in [0.3, 0.4) is 0 Å². The summed E-state index contributed by atoms with van der Waals surface area (Å²) in [7, 11) is 0. The van der Waals surface area contributed by atoms with Crippen molar-refractivity contribution < 1.29 is 4.79 Å². The van der Waals surface area contributed by atoms with Gasteiger partial charge in [-0.25, -0.2) is 4.98 Å². The highest BCUT2D eigenvalue weighted by Crippen LogP contribution is 2.12. The number of pyridine rings is 1. The van der Waals surface area contributed by atoms with E-state index in [-0.39, 0.29) is 5.91 Å². The van der Waals surface area contributed by atoms with E-state index in [4.69, 9.17) is 0 Å². The number of nitrogens with zero attached hydrogens (tertiary/aromatic N) is 2. The molecule has 0 radical (unpaired) electrons. The number of carbonyl (C=O) groups is 1. The summed E-state index contributed by atoms with van der Waals surface area (Å²) in [5.41, 5.74) is 5.38. The third kappa shape index (κ3) is 3.91. The highest BCUT2D eigenvalue weighted by atomic mass is 16.1. The molecule has 1 amide bonds.